The summed E-state index contributed by atoms with van der Waals surface area (Å²) in [5.74, 6) is 0.369. The lowest BCUT2D eigenvalue weighted by atomic mass is 10.1. The minimum Gasteiger partial charge on any atom is -0.393 e. The molecule has 1 amide bonds. The van der Waals surface area contributed by atoms with Gasteiger partial charge in [-0.15, -0.1) is 0 Å². The van der Waals surface area contributed by atoms with E-state index in [1.54, 1.807) is 16.2 Å². The minimum atomic E-state index is -1.22. The van der Waals surface area contributed by atoms with Gasteiger partial charge in [-0.3, -0.25) is 9.00 Å². The van der Waals surface area contributed by atoms with Crippen molar-refractivity contribution in [2.24, 2.45) is 0 Å². The second-order valence-corrected chi connectivity index (χ2v) is 8.29. The van der Waals surface area contributed by atoms with E-state index in [0.29, 0.717) is 31.7 Å². The molecule has 3 rings (SSSR count). The lowest BCUT2D eigenvalue weighted by Gasteiger charge is -2.29. The van der Waals surface area contributed by atoms with Gasteiger partial charge in [-0.05, 0) is 46.4 Å². The lowest BCUT2D eigenvalue weighted by molar-refractivity contribution is -0.130. The van der Waals surface area contributed by atoms with E-state index in [2.05, 4.69) is 11.4 Å². The summed E-state index contributed by atoms with van der Waals surface area (Å²) in [6, 6.07) is 10.1. The van der Waals surface area contributed by atoms with Gasteiger partial charge in [0.05, 0.1) is 6.10 Å². The highest BCUT2D eigenvalue weighted by atomic mass is 32.2. The third kappa shape index (κ3) is 4.53. The number of likely N-dealkylation sites (tertiary alicyclic amines) is 1. The fourth-order valence-electron chi connectivity index (χ4n) is 2.85. The zero-order valence-electron chi connectivity index (χ0n) is 13.4. The van der Waals surface area contributed by atoms with Crippen LogP contribution in [-0.2, 0) is 21.3 Å². The normalized spacial score (nSPS) is 17.0. The molecule has 1 N–H and O–H groups in total. The third-order valence-electron chi connectivity index (χ3n) is 4.21. The van der Waals surface area contributed by atoms with Crippen LogP contribution in [0, 0.1) is 0 Å². The van der Waals surface area contributed by atoms with E-state index in [1.165, 1.54) is 0 Å². The topological polar surface area (TPSA) is 57.6 Å². The lowest BCUT2D eigenvalue weighted by Crippen LogP contribution is -2.42. The van der Waals surface area contributed by atoms with Gasteiger partial charge in [0.25, 0.3) is 0 Å². The summed E-state index contributed by atoms with van der Waals surface area (Å²) >= 11 is 1.65. The highest BCUT2D eigenvalue weighted by Crippen LogP contribution is 2.23. The smallest absolute Gasteiger partial charge is 0.235 e. The van der Waals surface area contributed by atoms with Crippen LogP contribution in [0.1, 0.15) is 18.4 Å². The van der Waals surface area contributed by atoms with Crippen molar-refractivity contribution in [3.63, 3.8) is 0 Å². The van der Waals surface area contributed by atoms with E-state index in [0.717, 1.165) is 16.7 Å². The van der Waals surface area contributed by atoms with Crippen LogP contribution in [-0.4, -0.2) is 45.1 Å². The van der Waals surface area contributed by atoms with Crippen LogP contribution in [0.4, 0.5) is 0 Å². The summed E-state index contributed by atoms with van der Waals surface area (Å²) < 4.78 is 12.3. The monoisotopic (exact) mass is 363 g/mol. The first-order chi connectivity index (χ1) is 11.6. The van der Waals surface area contributed by atoms with Crippen LogP contribution in [0.25, 0.3) is 11.1 Å². The molecule has 1 aliphatic rings. The Morgan fingerprint density at radius 1 is 1.25 bits per heavy atom. The molecule has 0 radical (unpaired) electrons. The molecule has 0 spiro atoms. The van der Waals surface area contributed by atoms with Gasteiger partial charge in [-0.25, -0.2) is 0 Å². The maximum Gasteiger partial charge on any atom is 0.235 e. The second kappa shape index (κ2) is 8.05. The Morgan fingerprint density at radius 2 is 2.04 bits per heavy atom. The Kier molecular flexibility index (Phi) is 5.81. The fourth-order valence-corrected chi connectivity index (χ4v) is 4.63. The molecule has 128 valence electrons. The first-order valence-corrected chi connectivity index (χ1v) is 10.5. The molecular formula is C18H21NO3S2. The summed E-state index contributed by atoms with van der Waals surface area (Å²) in [4.78, 5) is 13.9. The van der Waals surface area contributed by atoms with Crippen molar-refractivity contribution in [3.8, 4) is 11.1 Å². The molecule has 0 bridgehead atoms. The molecular weight excluding hydrogens is 342 g/mol. The Balaban J connectivity index is 1.57. The second-order valence-electron chi connectivity index (χ2n) is 6.05. The zero-order chi connectivity index (χ0) is 16.9. The predicted molar refractivity (Wildman–Crippen MR) is 98.3 cm³/mol. The molecule has 4 nitrogen and oxygen atoms in total. The van der Waals surface area contributed by atoms with E-state index in [4.69, 9.17) is 0 Å². The number of thiophene rings is 1. The number of benzene rings is 1. The van der Waals surface area contributed by atoms with Gasteiger partial charge in [0, 0.05) is 29.6 Å². The van der Waals surface area contributed by atoms with Crippen molar-refractivity contribution in [2.75, 3.05) is 18.8 Å². The van der Waals surface area contributed by atoms with E-state index in [-0.39, 0.29) is 17.8 Å². The summed E-state index contributed by atoms with van der Waals surface area (Å²) in [6.07, 6.45) is 0.918. The van der Waals surface area contributed by atoms with Crippen LogP contribution in [0.3, 0.4) is 0 Å². The van der Waals surface area contributed by atoms with Crippen LogP contribution < -0.4 is 0 Å². The molecule has 2 aromatic rings. The molecule has 1 aromatic carbocycles. The van der Waals surface area contributed by atoms with Crippen LogP contribution in [0.15, 0.2) is 41.1 Å². The number of rotatable bonds is 5. The van der Waals surface area contributed by atoms with Gasteiger partial charge in [0.2, 0.25) is 5.91 Å². The van der Waals surface area contributed by atoms with Crippen LogP contribution >= 0.6 is 11.3 Å². The molecule has 1 saturated heterocycles. The number of hydrogen-bond acceptors (Lipinski definition) is 4. The van der Waals surface area contributed by atoms with E-state index in [9.17, 15) is 14.1 Å². The number of carbonyl (C=O) groups is 1. The Bertz CT molecular complexity index is 707. The summed E-state index contributed by atoms with van der Waals surface area (Å²) in [7, 11) is -1.22. The van der Waals surface area contributed by atoms with Gasteiger partial charge in [-0.2, -0.15) is 11.3 Å². The number of hydrogen-bond donors (Lipinski definition) is 1. The zero-order valence-corrected chi connectivity index (χ0v) is 15.0. The molecule has 1 aliphatic heterocycles. The first-order valence-electron chi connectivity index (χ1n) is 8.04. The maximum absolute atomic E-state index is 12.3. The molecule has 24 heavy (non-hydrogen) atoms. The van der Waals surface area contributed by atoms with Crippen molar-refractivity contribution in [1.29, 1.82) is 0 Å². The third-order valence-corrected chi connectivity index (χ3v) is 6.12. The number of piperidine rings is 1. The van der Waals surface area contributed by atoms with Crippen molar-refractivity contribution < 1.29 is 14.1 Å². The highest BCUT2D eigenvalue weighted by molar-refractivity contribution is 7.84. The summed E-state index contributed by atoms with van der Waals surface area (Å²) in [5, 5.41) is 13.6. The van der Waals surface area contributed by atoms with Gasteiger partial charge in [0.1, 0.15) is 5.75 Å². The van der Waals surface area contributed by atoms with Crippen molar-refractivity contribution >= 4 is 28.0 Å². The minimum absolute atomic E-state index is 0.0543. The quantitative estimate of drug-likeness (QED) is 0.888. The van der Waals surface area contributed by atoms with Gasteiger partial charge in [0.15, 0.2) is 0 Å². The standard InChI is InChI=1S/C18H21NO3S2/c20-17-4-7-19(8-5-17)18(21)13-24(22)12-14-2-1-3-15(10-14)16-6-9-23-11-16/h1-3,6,9-11,17,20H,4-5,7-8,12-13H2. The SMILES string of the molecule is O=C(CS(=O)Cc1cccc(-c2ccsc2)c1)N1CCC(O)CC1. The number of amides is 1. The average molecular weight is 364 g/mol. The maximum atomic E-state index is 12.3. The van der Waals surface area contributed by atoms with Crippen LogP contribution in [0.2, 0.25) is 0 Å². The van der Waals surface area contributed by atoms with E-state index < -0.39 is 10.8 Å². The Morgan fingerprint density at radius 3 is 2.75 bits per heavy atom. The molecule has 1 unspecified atom stereocenters. The fraction of sp³-hybridized carbons (Fsp3) is 0.389. The van der Waals surface area contributed by atoms with Gasteiger partial charge < -0.3 is 10.0 Å². The van der Waals surface area contributed by atoms with Crippen molar-refractivity contribution in [1.82, 2.24) is 4.90 Å². The van der Waals surface area contributed by atoms with E-state index >= 15 is 0 Å². The molecule has 1 atom stereocenters. The summed E-state index contributed by atoms with van der Waals surface area (Å²) in [6.45, 7) is 1.12. The predicted octanol–water partition coefficient (Wildman–Crippen LogP) is 2.65. The average Bonchev–Trinajstić information content (AvgIpc) is 3.10. The number of carbonyl (C=O) groups excluding carboxylic acids is 1. The number of aliphatic hydroxyl groups is 1. The summed E-state index contributed by atoms with van der Waals surface area (Å²) in [5.41, 5.74) is 3.26. The van der Waals surface area contributed by atoms with Crippen LogP contribution in [0.5, 0.6) is 0 Å². The molecule has 1 aromatic heterocycles. The Labute approximate surface area is 148 Å². The number of nitrogens with zero attached hydrogens (tertiary/aromatic N) is 1. The molecule has 2 heterocycles. The highest BCUT2D eigenvalue weighted by Gasteiger charge is 2.22. The van der Waals surface area contributed by atoms with Gasteiger partial charge >= 0.3 is 0 Å². The largest absolute Gasteiger partial charge is 0.393 e. The Hall–Kier alpha value is -1.50. The van der Waals surface area contributed by atoms with Crippen molar-refractivity contribution in [3.05, 3.63) is 46.7 Å². The molecule has 0 saturated carbocycles. The van der Waals surface area contributed by atoms with E-state index in [1.807, 2.05) is 29.6 Å². The first kappa shape index (κ1) is 17.3. The van der Waals surface area contributed by atoms with Crippen molar-refractivity contribution in [2.45, 2.75) is 24.7 Å². The van der Waals surface area contributed by atoms with Gasteiger partial charge in [-0.1, -0.05) is 24.3 Å². The molecule has 0 aliphatic carbocycles. The molecule has 6 heteroatoms. The number of aliphatic hydroxyl groups excluding tert-OH is 1. The molecule has 1 fully saturated rings.